The first-order chi connectivity index (χ1) is 10.2. The molecule has 0 fully saturated rings. The van der Waals surface area contributed by atoms with Gasteiger partial charge in [-0.3, -0.25) is 4.90 Å². The highest BCUT2D eigenvalue weighted by molar-refractivity contribution is 9.10. The number of hydrogen-bond acceptors (Lipinski definition) is 3. The minimum atomic E-state index is -0.533. The normalized spacial score (nSPS) is 20.5. The van der Waals surface area contributed by atoms with E-state index in [-0.39, 0.29) is 11.5 Å². The zero-order valence-corrected chi connectivity index (χ0v) is 15.0. The van der Waals surface area contributed by atoms with Crippen LogP contribution in [0.4, 0.5) is 10.5 Å². The summed E-state index contributed by atoms with van der Waals surface area (Å²) in [6.07, 6.45) is 0.846. The summed E-state index contributed by atoms with van der Waals surface area (Å²) >= 11 is 3.46. The molecule has 0 N–H and O–H groups in total. The SMILES string of the molecule is CC(C)(C)OC(=O)N1C[C@@](C)(CCC#N)c2ccc(Br)cc21. The van der Waals surface area contributed by atoms with Crippen molar-refractivity contribution in [1.29, 1.82) is 5.26 Å². The molecule has 2 rings (SSSR count). The van der Waals surface area contributed by atoms with E-state index in [0.717, 1.165) is 22.1 Å². The molecule has 1 aromatic rings. The lowest BCUT2D eigenvalue weighted by atomic mass is 9.80. The van der Waals surface area contributed by atoms with Gasteiger partial charge < -0.3 is 4.74 Å². The molecule has 0 bridgehead atoms. The molecule has 4 nitrogen and oxygen atoms in total. The molecule has 5 heteroatoms. The molecule has 1 aliphatic rings. The van der Waals surface area contributed by atoms with Crippen LogP contribution in [0.2, 0.25) is 0 Å². The molecule has 0 spiro atoms. The summed E-state index contributed by atoms with van der Waals surface area (Å²) in [5.41, 5.74) is 1.21. The van der Waals surface area contributed by atoms with Gasteiger partial charge in [-0.1, -0.05) is 28.9 Å². The first-order valence-corrected chi connectivity index (χ1v) is 8.13. The number of hydrogen-bond donors (Lipinski definition) is 0. The first kappa shape index (κ1) is 16.8. The molecule has 0 aromatic heterocycles. The standard InChI is InChI=1S/C17H21BrN2O2/c1-16(2,3)22-15(21)20-11-17(4,8-5-9-19)13-7-6-12(18)10-14(13)20/h6-7,10H,5,8,11H2,1-4H3/t17-/m1/s1. The zero-order valence-electron chi connectivity index (χ0n) is 13.4. The molecule has 1 aliphatic heterocycles. The molecular weight excluding hydrogens is 344 g/mol. The van der Waals surface area contributed by atoms with Crippen LogP contribution in [0.1, 0.15) is 46.1 Å². The Hall–Kier alpha value is -1.54. The van der Waals surface area contributed by atoms with Crippen LogP contribution in [-0.2, 0) is 10.2 Å². The first-order valence-electron chi connectivity index (χ1n) is 7.34. The summed E-state index contributed by atoms with van der Waals surface area (Å²) < 4.78 is 6.44. The maximum atomic E-state index is 12.5. The molecule has 0 radical (unpaired) electrons. The average Bonchev–Trinajstić information content (AvgIpc) is 2.68. The largest absolute Gasteiger partial charge is 0.443 e. The number of amides is 1. The predicted octanol–water partition coefficient (Wildman–Crippen LogP) is 4.77. The summed E-state index contributed by atoms with van der Waals surface area (Å²) in [5.74, 6) is 0. The Labute approximate surface area is 140 Å². The highest BCUT2D eigenvalue weighted by Gasteiger charge is 2.42. The van der Waals surface area contributed by atoms with Crippen molar-refractivity contribution in [2.24, 2.45) is 0 Å². The van der Waals surface area contributed by atoms with Crippen molar-refractivity contribution in [2.75, 3.05) is 11.4 Å². The van der Waals surface area contributed by atoms with Crippen molar-refractivity contribution in [3.8, 4) is 6.07 Å². The Kier molecular flexibility index (Phi) is 4.53. The van der Waals surface area contributed by atoms with Gasteiger partial charge in [-0.15, -0.1) is 0 Å². The maximum Gasteiger partial charge on any atom is 0.414 e. The van der Waals surface area contributed by atoms with Gasteiger partial charge in [0.25, 0.3) is 0 Å². The zero-order chi connectivity index (χ0) is 16.5. The number of nitrogens with zero attached hydrogens (tertiary/aromatic N) is 2. The summed E-state index contributed by atoms with van der Waals surface area (Å²) in [7, 11) is 0. The van der Waals surface area contributed by atoms with Gasteiger partial charge in [0.15, 0.2) is 0 Å². The van der Waals surface area contributed by atoms with Gasteiger partial charge in [0.1, 0.15) is 5.60 Å². The molecular formula is C17H21BrN2O2. The Morgan fingerprint density at radius 3 is 2.77 bits per heavy atom. The second kappa shape index (κ2) is 5.92. The van der Waals surface area contributed by atoms with Crippen LogP contribution in [0.5, 0.6) is 0 Å². The third kappa shape index (κ3) is 3.44. The van der Waals surface area contributed by atoms with Gasteiger partial charge in [-0.05, 0) is 44.9 Å². The second-order valence-corrected chi connectivity index (χ2v) is 7.86. The van der Waals surface area contributed by atoms with Gasteiger partial charge >= 0.3 is 6.09 Å². The summed E-state index contributed by atoms with van der Waals surface area (Å²) in [4.78, 5) is 14.2. The van der Waals surface area contributed by atoms with E-state index in [1.807, 2.05) is 39.0 Å². The second-order valence-electron chi connectivity index (χ2n) is 6.95. The van der Waals surface area contributed by atoms with Gasteiger partial charge in [-0.2, -0.15) is 5.26 Å². The lowest BCUT2D eigenvalue weighted by molar-refractivity contribution is 0.0578. The Morgan fingerprint density at radius 2 is 2.18 bits per heavy atom. The molecule has 1 aromatic carbocycles. The molecule has 1 atom stereocenters. The molecule has 22 heavy (non-hydrogen) atoms. The molecule has 1 heterocycles. The summed E-state index contributed by atoms with van der Waals surface area (Å²) in [6.45, 7) is 8.21. The summed E-state index contributed by atoms with van der Waals surface area (Å²) in [5, 5.41) is 8.90. The fourth-order valence-corrected chi connectivity index (χ4v) is 3.13. The quantitative estimate of drug-likeness (QED) is 0.759. The minimum Gasteiger partial charge on any atom is -0.443 e. The number of carbonyl (C=O) groups excluding carboxylic acids is 1. The van der Waals surface area contributed by atoms with E-state index in [1.54, 1.807) is 4.90 Å². The summed E-state index contributed by atoms with van der Waals surface area (Å²) in [6, 6.07) is 8.14. The molecule has 118 valence electrons. The van der Waals surface area contributed by atoms with Gasteiger partial charge in [0.2, 0.25) is 0 Å². The van der Waals surface area contributed by atoms with Crippen LogP contribution in [0.25, 0.3) is 0 Å². The molecule has 1 amide bonds. The number of nitriles is 1. The third-order valence-corrected chi connectivity index (χ3v) is 4.30. The Morgan fingerprint density at radius 1 is 1.50 bits per heavy atom. The van der Waals surface area contributed by atoms with Crippen molar-refractivity contribution < 1.29 is 9.53 Å². The van der Waals surface area contributed by atoms with E-state index in [4.69, 9.17) is 10.00 Å². The minimum absolute atomic E-state index is 0.220. The van der Waals surface area contributed by atoms with E-state index in [0.29, 0.717) is 13.0 Å². The Bertz CT molecular complexity index is 631. The van der Waals surface area contributed by atoms with Crippen LogP contribution >= 0.6 is 15.9 Å². The Balaban J connectivity index is 2.38. The average molecular weight is 365 g/mol. The van der Waals surface area contributed by atoms with E-state index in [2.05, 4.69) is 28.9 Å². The van der Waals surface area contributed by atoms with Gasteiger partial charge in [0, 0.05) is 22.9 Å². The molecule has 0 unspecified atom stereocenters. The van der Waals surface area contributed by atoms with Crippen LogP contribution in [0, 0.1) is 11.3 Å². The van der Waals surface area contributed by atoms with Crippen LogP contribution in [0.3, 0.4) is 0 Å². The van der Waals surface area contributed by atoms with Crippen molar-refractivity contribution in [3.63, 3.8) is 0 Å². The number of ether oxygens (including phenoxy) is 1. The van der Waals surface area contributed by atoms with E-state index >= 15 is 0 Å². The highest BCUT2D eigenvalue weighted by atomic mass is 79.9. The number of fused-ring (bicyclic) bond motifs is 1. The van der Waals surface area contributed by atoms with E-state index in [9.17, 15) is 4.79 Å². The number of benzene rings is 1. The lowest BCUT2D eigenvalue weighted by Crippen LogP contribution is -2.39. The smallest absolute Gasteiger partial charge is 0.414 e. The molecule has 0 saturated heterocycles. The fourth-order valence-electron chi connectivity index (χ4n) is 2.78. The number of anilines is 1. The molecule has 0 saturated carbocycles. The topological polar surface area (TPSA) is 53.3 Å². The molecule has 0 aliphatic carbocycles. The maximum absolute atomic E-state index is 12.5. The highest BCUT2D eigenvalue weighted by Crippen LogP contribution is 2.45. The third-order valence-electron chi connectivity index (χ3n) is 3.81. The van der Waals surface area contributed by atoms with Crippen LogP contribution in [-0.4, -0.2) is 18.2 Å². The number of rotatable bonds is 2. The van der Waals surface area contributed by atoms with Crippen molar-refractivity contribution >= 4 is 27.7 Å². The van der Waals surface area contributed by atoms with Crippen LogP contribution < -0.4 is 4.90 Å². The van der Waals surface area contributed by atoms with Gasteiger partial charge in [-0.25, -0.2) is 4.79 Å². The van der Waals surface area contributed by atoms with E-state index < -0.39 is 5.60 Å². The van der Waals surface area contributed by atoms with Crippen LogP contribution in [0.15, 0.2) is 22.7 Å². The predicted molar refractivity (Wildman–Crippen MR) is 89.9 cm³/mol. The lowest BCUT2D eigenvalue weighted by Gasteiger charge is -2.27. The number of carbonyl (C=O) groups is 1. The number of halogens is 1. The monoisotopic (exact) mass is 364 g/mol. The van der Waals surface area contributed by atoms with Crippen molar-refractivity contribution in [3.05, 3.63) is 28.2 Å². The van der Waals surface area contributed by atoms with Crippen molar-refractivity contribution in [2.45, 2.75) is 51.6 Å². The fraction of sp³-hybridized carbons (Fsp3) is 0.529. The van der Waals surface area contributed by atoms with E-state index in [1.165, 1.54) is 0 Å². The van der Waals surface area contributed by atoms with Crippen molar-refractivity contribution in [1.82, 2.24) is 0 Å². The van der Waals surface area contributed by atoms with Gasteiger partial charge in [0.05, 0.1) is 11.8 Å².